The minimum Gasteiger partial charge on any atom is -0.0928 e. The molecule has 0 rings (SSSR count). The summed E-state index contributed by atoms with van der Waals surface area (Å²) >= 11 is 3.48. The van der Waals surface area contributed by atoms with Crippen LogP contribution in [0.15, 0.2) is 0 Å². The fourth-order valence-electron chi connectivity index (χ4n) is 1.95. The zero-order chi connectivity index (χ0) is 9.94. The standard InChI is InChI=1S/C12H25Br.CH4/c1-3-8-12(9-4-2)10-6-5-7-11-13;/h12H,3-11H2,1-2H3;1H4. The normalized spacial score (nSPS) is 10.3. The molecule has 0 aromatic heterocycles. The Kier molecular flexibility index (Phi) is 16.3. The summed E-state index contributed by atoms with van der Waals surface area (Å²) in [7, 11) is 0. The quantitative estimate of drug-likeness (QED) is 0.365. The molecule has 0 nitrogen and oxygen atoms in total. The molecule has 0 aliphatic rings. The fourth-order valence-corrected chi connectivity index (χ4v) is 2.35. The maximum Gasteiger partial charge on any atom is 0.00313 e. The van der Waals surface area contributed by atoms with Gasteiger partial charge in [0, 0.05) is 5.33 Å². The van der Waals surface area contributed by atoms with E-state index in [-0.39, 0.29) is 7.43 Å². The zero-order valence-corrected chi connectivity index (χ0v) is 10.9. The van der Waals surface area contributed by atoms with Crippen LogP contribution in [0.25, 0.3) is 0 Å². The molecule has 0 atom stereocenters. The fraction of sp³-hybridized carbons (Fsp3) is 1.00. The lowest BCUT2D eigenvalue weighted by atomic mass is 9.92. The molecule has 0 heterocycles. The number of alkyl halides is 1. The molecule has 0 fully saturated rings. The zero-order valence-electron chi connectivity index (χ0n) is 9.32. The number of hydrogen-bond donors (Lipinski definition) is 0. The van der Waals surface area contributed by atoms with E-state index in [0.29, 0.717) is 0 Å². The SMILES string of the molecule is C.CCCC(CCC)CCCCCBr. The van der Waals surface area contributed by atoms with Crippen LogP contribution in [0, 0.1) is 5.92 Å². The monoisotopic (exact) mass is 264 g/mol. The van der Waals surface area contributed by atoms with Crippen molar-refractivity contribution in [3.63, 3.8) is 0 Å². The van der Waals surface area contributed by atoms with Crippen molar-refractivity contribution in [3.05, 3.63) is 0 Å². The van der Waals surface area contributed by atoms with Crippen molar-refractivity contribution in [1.29, 1.82) is 0 Å². The molecular formula is C13H29Br. The average Bonchev–Trinajstić information content (AvgIpc) is 2.13. The smallest absolute Gasteiger partial charge is 0.00313 e. The molecule has 0 saturated heterocycles. The topological polar surface area (TPSA) is 0 Å². The first-order valence-electron chi connectivity index (χ1n) is 5.91. The Labute approximate surface area is 100.0 Å². The van der Waals surface area contributed by atoms with E-state index in [1.165, 1.54) is 56.7 Å². The molecule has 0 N–H and O–H groups in total. The molecule has 0 aromatic rings. The Morgan fingerprint density at radius 2 is 1.43 bits per heavy atom. The lowest BCUT2D eigenvalue weighted by Crippen LogP contribution is -1.99. The van der Waals surface area contributed by atoms with Crippen LogP contribution in [0.3, 0.4) is 0 Å². The van der Waals surface area contributed by atoms with Crippen LogP contribution in [0.1, 0.15) is 72.6 Å². The number of hydrogen-bond acceptors (Lipinski definition) is 0. The second-order valence-electron chi connectivity index (χ2n) is 3.98. The van der Waals surface area contributed by atoms with Crippen LogP contribution in [-0.4, -0.2) is 5.33 Å². The van der Waals surface area contributed by atoms with Gasteiger partial charge in [-0.2, -0.15) is 0 Å². The van der Waals surface area contributed by atoms with E-state index in [1.54, 1.807) is 0 Å². The third-order valence-corrected chi connectivity index (χ3v) is 3.20. The van der Waals surface area contributed by atoms with Gasteiger partial charge >= 0.3 is 0 Å². The first-order valence-corrected chi connectivity index (χ1v) is 7.03. The summed E-state index contributed by atoms with van der Waals surface area (Å²) in [6, 6.07) is 0. The van der Waals surface area contributed by atoms with Crippen LogP contribution in [0.2, 0.25) is 0 Å². The highest BCUT2D eigenvalue weighted by Gasteiger charge is 2.05. The van der Waals surface area contributed by atoms with Crippen LogP contribution in [0.5, 0.6) is 0 Å². The highest BCUT2D eigenvalue weighted by atomic mass is 79.9. The molecule has 14 heavy (non-hydrogen) atoms. The molecule has 0 saturated carbocycles. The van der Waals surface area contributed by atoms with Gasteiger partial charge in [0.25, 0.3) is 0 Å². The van der Waals surface area contributed by atoms with E-state index in [1.807, 2.05) is 0 Å². The first-order chi connectivity index (χ1) is 6.35. The predicted octanol–water partition coefficient (Wildman–Crippen LogP) is 5.79. The van der Waals surface area contributed by atoms with Crippen LogP contribution in [0.4, 0.5) is 0 Å². The van der Waals surface area contributed by atoms with Gasteiger partial charge in [-0.3, -0.25) is 0 Å². The van der Waals surface area contributed by atoms with Gasteiger partial charge in [-0.1, -0.05) is 82.1 Å². The summed E-state index contributed by atoms with van der Waals surface area (Å²) in [5, 5.41) is 1.18. The van der Waals surface area contributed by atoms with E-state index in [9.17, 15) is 0 Å². The summed E-state index contributed by atoms with van der Waals surface area (Å²) in [5.74, 6) is 1.02. The average molecular weight is 265 g/mol. The molecule has 0 spiro atoms. The van der Waals surface area contributed by atoms with E-state index in [0.717, 1.165) is 5.92 Å². The third kappa shape index (κ3) is 10.6. The summed E-state index contributed by atoms with van der Waals surface area (Å²) in [4.78, 5) is 0. The van der Waals surface area contributed by atoms with Crippen molar-refractivity contribution in [1.82, 2.24) is 0 Å². The van der Waals surface area contributed by atoms with Gasteiger partial charge in [0.2, 0.25) is 0 Å². The van der Waals surface area contributed by atoms with Crippen molar-refractivity contribution in [2.75, 3.05) is 5.33 Å². The van der Waals surface area contributed by atoms with Crippen molar-refractivity contribution >= 4 is 15.9 Å². The summed E-state index contributed by atoms with van der Waals surface area (Å²) in [5.41, 5.74) is 0. The molecule has 0 unspecified atom stereocenters. The number of rotatable bonds is 9. The van der Waals surface area contributed by atoms with Crippen LogP contribution >= 0.6 is 15.9 Å². The van der Waals surface area contributed by atoms with Gasteiger partial charge in [-0.15, -0.1) is 0 Å². The van der Waals surface area contributed by atoms with E-state index >= 15 is 0 Å². The van der Waals surface area contributed by atoms with E-state index in [2.05, 4.69) is 29.8 Å². The summed E-state index contributed by atoms with van der Waals surface area (Å²) < 4.78 is 0. The van der Waals surface area contributed by atoms with Gasteiger partial charge < -0.3 is 0 Å². The second-order valence-corrected chi connectivity index (χ2v) is 4.77. The van der Waals surface area contributed by atoms with Crippen LogP contribution in [-0.2, 0) is 0 Å². The molecule has 1 heteroatoms. The van der Waals surface area contributed by atoms with Gasteiger partial charge in [0.15, 0.2) is 0 Å². The largest absolute Gasteiger partial charge is 0.0928 e. The maximum atomic E-state index is 3.48. The number of halogens is 1. The van der Waals surface area contributed by atoms with Crippen LogP contribution < -0.4 is 0 Å². The first kappa shape index (κ1) is 16.9. The van der Waals surface area contributed by atoms with E-state index in [4.69, 9.17) is 0 Å². The molecule has 0 bridgehead atoms. The maximum absolute atomic E-state index is 3.48. The molecule has 0 aliphatic heterocycles. The summed E-state index contributed by atoms with van der Waals surface area (Å²) in [6.07, 6.45) is 11.3. The Bertz CT molecular complexity index is 85.2. The molecular weight excluding hydrogens is 236 g/mol. The Morgan fingerprint density at radius 3 is 1.86 bits per heavy atom. The Balaban J connectivity index is 0. The molecule has 0 amide bonds. The van der Waals surface area contributed by atoms with Gasteiger partial charge in [-0.05, 0) is 12.3 Å². The minimum atomic E-state index is 0. The van der Waals surface area contributed by atoms with Gasteiger partial charge in [0.1, 0.15) is 0 Å². The minimum absolute atomic E-state index is 0. The molecule has 0 radical (unpaired) electrons. The lowest BCUT2D eigenvalue weighted by Gasteiger charge is -2.14. The van der Waals surface area contributed by atoms with Crippen molar-refractivity contribution < 1.29 is 0 Å². The summed E-state index contributed by atoms with van der Waals surface area (Å²) in [6.45, 7) is 4.61. The van der Waals surface area contributed by atoms with Crippen molar-refractivity contribution in [2.45, 2.75) is 72.6 Å². The lowest BCUT2D eigenvalue weighted by molar-refractivity contribution is 0.394. The second kappa shape index (κ2) is 13.5. The Morgan fingerprint density at radius 1 is 0.857 bits per heavy atom. The molecule has 88 valence electrons. The van der Waals surface area contributed by atoms with Crippen molar-refractivity contribution in [3.8, 4) is 0 Å². The van der Waals surface area contributed by atoms with Gasteiger partial charge in [-0.25, -0.2) is 0 Å². The van der Waals surface area contributed by atoms with Gasteiger partial charge in [0.05, 0.1) is 0 Å². The predicted molar refractivity (Wildman–Crippen MR) is 72.3 cm³/mol. The van der Waals surface area contributed by atoms with Crippen molar-refractivity contribution in [2.24, 2.45) is 5.92 Å². The third-order valence-electron chi connectivity index (χ3n) is 2.64. The van der Waals surface area contributed by atoms with E-state index < -0.39 is 0 Å². The molecule has 0 aliphatic carbocycles. The highest BCUT2D eigenvalue weighted by molar-refractivity contribution is 9.09. The highest BCUT2D eigenvalue weighted by Crippen LogP contribution is 2.20. The molecule has 0 aromatic carbocycles. The number of unbranched alkanes of at least 4 members (excludes halogenated alkanes) is 2. The Hall–Kier alpha value is 0.480.